The number of rotatable bonds is 8. The zero-order valence-corrected chi connectivity index (χ0v) is 16.3. The summed E-state index contributed by atoms with van der Waals surface area (Å²) in [5, 5.41) is 10.9. The highest BCUT2D eigenvalue weighted by molar-refractivity contribution is 5.94. The van der Waals surface area contributed by atoms with Gasteiger partial charge in [0, 0.05) is 24.4 Å². The molecule has 3 aromatic rings. The number of nitro benzene ring substituents is 1. The maximum Gasteiger partial charge on any atom is 0.269 e. The third-order valence-corrected chi connectivity index (χ3v) is 4.56. The predicted molar refractivity (Wildman–Crippen MR) is 114 cm³/mol. The Morgan fingerprint density at radius 3 is 1.86 bits per heavy atom. The summed E-state index contributed by atoms with van der Waals surface area (Å²) in [7, 11) is 1.90. The highest BCUT2D eigenvalue weighted by atomic mass is 16.6. The van der Waals surface area contributed by atoms with Crippen molar-refractivity contribution in [2.24, 2.45) is 0 Å². The van der Waals surface area contributed by atoms with Crippen molar-refractivity contribution in [3.8, 4) is 0 Å². The van der Waals surface area contributed by atoms with E-state index < -0.39 is 4.92 Å². The van der Waals surface area contributed by atoms with Crippen molar-refractivity contribution < 1.29 is 9.72 Å². The van der Waals surface area contributed by atoms with Gasteiger partial charge in [0.25, 0.3) is 5.69 Å². The lowest BCUT2D eigenvalue weighted by Gasteiger charge is -2.26. The lowest BCUT2D eigenvalue weighted by Crippen LogP contribution is -2.38. The molecule has 6 nitrogen and oxygen atoms in total. The van der Waals surface area contributed by atoms with Crippen molar-refractivity contribution in [1.29, 1.82) is 0 Å². The van der Waals surface area contributed by atoms with E-state index in [1.807, 2.05) is 72.6 Å². The van der Waals surface area contributed by atoms with Gasteiger partial charge in [0.05, 0.1) is 18.0 Å². The predicted octanol–water partition coefficient (Wildman–Crippen LogP) is 4.26. The molecule has 0 unspecified atom stereocenters. The molecule has 0 aliphatic carbocycles. The lowest BCUT2D eigenvalue weighted by molar-refractivity contribution is -0.384. The molecular weight excluding hydrogens is 366 g/mol. The van der Waals surface area contributed by atoms with Crippen molar-refractivity contribution >= 4 is 17.3 Å². The third kappa shape index (κ3) is 5.73. The lowest BCUT2D eigenvalue weighted by atomic mass is 10.1. The van der Waals surface area contributed by atoms with Crippen LogP contribution >= 0.6 is 0 Å². The minimum absolute atomic E-state index is 0.00190. The third-order valence-electron chi connectivity index (χ3n) is 4.56. The number of anilines is 1. The molecule has 0 bridgehead atoms. The number of amides is 1. The summed E-state index contributed by atoms with van der Waals surface area (Å²) in [6.45, 7) is 1.29. The molecule has 29 heavy (non-hydrogen) atoms. The first-order chi connectivity index (χ1) is 14.0. The van der Waals surface area contributed by atoms with Crippen LogP contribution in [0.1, 0.15) is 11.1 Å². The standard InChI is InChI=1S/C23H23N3O3/c1-24(16-19-8-4-2-5-9-19)18-23(27)25(17-20-10-6-3-7-11-20)21-12-14-22(15-13-21)26(28)29/h2-15H,16-18H2,1H3. The second-order valence-corrected chi connectivity index (χ2v) is 6.90. The van der Waals surface area contributed by atoms with Gasteiger partial charge in [-0.05, 0) is 30.3 Å². The van der Waals surface area contributed by atoms with Crippen LogP contribution in [0.15, 0.2) is 84.9 Å². The molecule has 3 aromatic carbocycles. The second kappa shape index (κ2) is 9.61. The van der Waals surface area contributed by atoms with Crippen LogP contribution in [0.3, 0.4) is 0 Å². The summed E-state index contributed by atoms with van der Waals surface area (Å²) in [5.41, 5.74) is 2.76. The fourth-order valence-electron chi connectivity index (χ4n) is 3.11. The van der Waals surface area contributed by atoms with Gasteiger partial charge in [0.2, 0.25) is 5.91 Å². The molecule has 0 spiro atoms. The number of hydrogen-bond donors (Lipinski definition) is 0. The molecular formula is C23H23N3O3. The molecule has 3 rings (SSSR count). The van der Waals surface area contributed by atoms with Gasteiger partial charge in [0.1, 0.15) is 0 Å². The van der Waals surface area contributed by atoms with Crippen LogP contribution in [0.4, 0.5) is 11.4 Å². The van der Waals surface area contributed by atoms with Crippen molar-refractivity contribution in [3.63, 3.8) is 0 Å². The van der Waals surface area contributed by atoms with E-state index in [1.54, 1.807) is 17.0 Å². The Balaban J connectivity index is 1.77. The summed E-state index contributed by atoms with van der Waals surface area (Å²) >= 11 is 0. The number of carbonyl (C=O) groups excluding carboxylic acids is 1. The van der Waals surface area contributed by atoms with Crippen molar-refractivity contribution in [1.82, 2.24) is 4.90 Å². The van der Waals surface area contributed by atoms with Crippen LogP contribution in [-0.2, 0) is 17.9 Å². The largest absolute Gasteiger partial charge is 0.307 e. The van der Waals surface area contributed by atoms with Gasteiger partial charge in [-0.3, -0.25) is 19.8 Å². The van der Waals surface area contributed by atoms with Crippen LogP contribution in [0.2, 0.25) is 0 Å². The van der Waals surface area contributed by atoms with Gasteiger partial charge in [-0.1, -0.05) is 60.7 Å². The number of carbonyl (C=O) groups is 1. The maximum absolute atomic E-state index is 13.1. The average Bonchev–Trinajstić information content (AvgIpc) is 2.73. The Morgan fingerprint density at radius 2 is 1.34 bits per heavy atom. The number of nitro groups is 1. The molecule has 0 saturated heterocycles. The maximum atomic E-state index is 13.1. The summed E-state index contributed by atoms with van der Waals surface area (Å²) in [6.07, 6.45) is 0. The smallest absolute Gasteiger partial charge is 0.269 e. The van der Waals surface area contributed by atoms with Gasteiger partial charge in [-0.2, -0.15) is 0 Å². The molecule has 0 aliphatic rings. The van der Waals surface area contributed by atoms with Crippen LogP contribution < -0.4 is 4.90 Å². The Morgan fingerprint density at radius 1 is 0.828 bits per heavy atom. The molecule has 0 atom stereocenters. The fraction of sp³-hybridized carbons (Fsp3) is 0.174. The number of likely N-dealkylation sites (N-methyl/N-ethyl adjacent to an activating group) is 1. The molecule has 0 saturated carbocycles. The first-order valence-electron chi connectivity index (χ1n) is 9.34. The Hall–Kier alpha value is -3.51. The van der Waals surface area contributed by atoms with Gasteiger partial charge in [0.15, 0.2) is 0 Å². The van der Waals surface area contributed by atoms with Crippen molar-refractivity contribution in [2.75, 3.05) is 18.5 Å². The Kier molecular flexibility index (Phi) is 6.71. The van der Waals surface area contributed by atoms with Crippen molar-refractivity contribution in [2.45, 2.75) is 13.1 Å². The van der Waals surface area contributed by atoms with Crippen molar-refractivity contribution in [3.05, 3.63) is 106 Å². The molecule has 6 heteroatoms. The Bertz CT molecular complexity index is 944. The first-order valence-corrected chi connectivity index (χ1v) is 9.34. The molecule has 0 radical (unpaired) electrons. The van der Waals surface area contributed by atoms with E-state index in [0.29, 0.717) is 18.8 Å². The summed E-state index contributed by atoms with van der Waals surface area (Å²) in [4.78, 5) is 27.2. The second-order valence-electron chi connectivity index (χ2n) is 6.90. The van der Waals surface area contributed by atoms with Crippen LogP contribution in [0, 0.1) is 10.1 Å². The molecule has 0 N–H and O–H groups in total. The number of hydrogen-bond acceptors (Lipinski definition) is 4. The van der Waals surface area contributed by atoms with Crippen LogP contribution in [-0.4, -0.2) is 29.3 Å². The highest BCUT2D eigenvalue weighted by Crippen LogP contribution is 2.22. The van der Waals surface area contributed by atoms with E-state index in [2.05, 4.69) is 0 Å². The normalized spacial score (nSPS) is 10.7. The molecule has 0 aliphatic heterocycles. The SMILES string of the molecule is CN(CC(=O)N(Cc1ccccc1)c1ccc([N+](=O)[O-])cc1)Cc1ccccc1. The minimum atomic E-state index is -0.444. The van der Waals surface area contributed by atoms with Gasteiger partial charge >= 0.3 is 0 Å². The molecule has 1 amide bonds. The van der Waals surface area contributed by atoms with Gasteiger partial charge in [-0.15, -0.1) is 0 Å². The van der Waals surface area contributed by atoms with Gasteiger partial charge < -0.3 is 4.90 Å². The van der Waals surface area contributed by atoms with E-state index >= 15 is 0 Å². The van der Waals surface area contributed by atoms with E-state index in [0.717, 1.165) is 11.1 Å². The molecule has 148 valence electrons. The molecule has 0 heterocycles. The summed E-state index contributed by atoms with van der Waals surface area (Å²) < 4.78 is 0. The highest BCUT2D eigenvalue weighted by Gasteiger charge is 2.19. The quantitative estimate of drug-likeness (QED) is 0.426. The molecule has 0 aromatic heterocycles. The summed E-state index contributed by atoms with van der Waals surface area (Å²) in [6, 6.07) is 25.8. The van der Waals surface area contributed by atoms with E-state index in [9.17, 15) is 14.9 Å². The average molecular weight is 389 g/mol. The van der Waals surface area contributed by atoms with Crippen LogP contribution in [0.25, 0.3) is 0 Å². The monoisotopic (exact) mass is 389 g/mol. The first kappa shape index (κ1) is 20.2. The van der Waals surface area contributed by atoms with E-state index in [4.69, 9.17) is 0 Å². The molecule has 0 fully saturated rings. The Labute approximate surface area is 170 Å². The van der Waals surface area contributed by atoms with E-state index in [-0.39, 0.29) is 18.1 Å². The van der Waals surface area contributed by atoms with Crippen LogP contribution in [0.5, 0.6) is 0 Å². The van der Waals surface area contributed by atoms with Gasteiger partial charge in [-0.25, -0.2) is 0 Å². The zero-order valence-electron chi connectivity index (χ0n) is 16.3. The number of benzene rings is 3. The minimum Gasteiger partial charge on any atom is -0.307 e. The number of non-ortho nitro benzene ring substituents is 1. The van der Waals surface area contributed by atoms with E-state index in [1.165, 1.54) is 12.1 Å². The number of nitrogens with zero attached hydrogens (tertiary/aromatic N) is 3. The topological polar surface area (TPSA) is 66.7 Å². The summed E-state index contributed by atoms with van der Waals surface area (Å²) in [5.74, 6) is -0.0684. The fourth-order valence-corrected chi connectivity index (χ4v) is 3.11. The zero-order chi connectivity index (χ0) is 20.6.